The lowest BCUT2D eigenvalue weighted by molar-refractivity contribution is 0.0603. The molecule has 130 valence electrons. The predicted molar refractivity (Wildman–Crippen MR) is 101 cm³/mol. The molecule has 2 N–H and O–H groups in total. The van der Waals surface area contributed by atoms with Crippen LogP contribution in [-0.4, -0.2) is 55.6 Å². The molecule has 0 amide bonds. The van der Waals surface area contributed by atoms with E-state index in [0.29, 0.717) is 10.6 Å². The maximum absolute atomic E-state index is 12.2. The Kier molecular flexibility index (Phi) is 5.55. The van der Waals surface area contributed by atoms with Crippen LogP contribution >= 0.6 is 22.7 Å². The summed E-state index contributed by atoms with van der Waals surface area (Å²) < 4.78 is 4.96. The number of nitrogens with two attached hydrogens (primary N) is 1. The monoisotopic (exact) mass is 365 g/mol. The number of rotatable bonds is 5. The van der Waals surface area contributed by atoms with Crippen LogP contribution in [0.3, 0.4) is 0 Å². The van der Waals surface area contributed by atoms with Gasteiger partial charge in [-0.05, 0) is 18.0 Å². The Morgan fingerprint density at radius 3 is 2.58 bits per heavy atom. The molecule has 1 aliphatic heterocycles. The van der Waals surface area contributed by atoms with Crippen LogP contribution in [0, 0.1) is 0 Å². The summed E-state index contributed by atoms with van der Waals surface area (Å²) in [6.07, 6.45) is 0. The number of nitrogen functional groups attached to an aromatic ring is 1. The Balaban J connectivity index is 1.89. The molecular formula is C17H23N3O2S2. The Bertz CT molecular complexity index is 689. The summed E-state index contributed by atoms with van der Waals surface area (Å²) >= 11 is 3.14. The van der Waals surface area contributed by atoms with Crippen molar-refractivity contribution in [2.24, 2.45) is 0 Å². The van der Waals surface area contributed by atoms with Crippen LogP contribution in [0.4, 0.5) is 5.00 Å². The molecule has 0 aliphatic carbocycles. The van der Waals surface area contributed by atoms with Crippen molar-refractivity contribution < 1.29 is 9.53 Å². The average molecular weight is 366 g/mol. The fraction of sp³-hybridized carbons (Fsp3) is 0.471. The van der Waals surface area contributed by atoms with E-state index in [4.69, 9.17) is 10.5 Å². The second-order valence-corrected chi connectivity index (χ2v) is 7.90. The quantitative estimate of drug-likeness (QED) is 0.826. The van der Waals surface area contributed by atoms with Gasteiger partial charge in [-0.2, -0.15) is 0 Å². The van der Waals surface area contributed by atoms with E-state index in [1.165, 1.54) is 18.4 Å². The van der Waals surface area contributed by atoms with Gasteiger partial charge in [-0.15, -0.1) is 22.7 Å². The summed E-state index contributed by atoms with van der Waals surface area (Å²) in [5.74, 6) is -0.353. The molecule has 3 rings (SSSR count). The number of carbonyl (C=O) groups excluding carboxylic acids is 1. The molecule has 0 radical (unpaired) electrons. The van der Waals surface area contributed by atoms with Gasteiger partial charge in [-0.3, -0.25) is 4.90 Å². The molecule has 1 fully saturated rings. The Labute approximate surface area is 150 Å². The van der Waals surface area contributed by atoms with Gasteiger partial charge < -0.3 is 15.4 Å². The first-order valence-corrected chi connectivity index (χ1v) is 9.81. The number of nitrogens with zero attached hydrogens (tertiary/aromatic N) is 2. The van der Waals surface area contributed by atoms with Crippen LogP contribution in [-0.2, 0) is 11.3 Å². The summed E-state index contributed by atoms with van der Waals surface area (Å²) in [5, 5.41) is 2.57. The third-order valence-corrected chi connectivity index (χ3v) is 6.34. The van der Waals surface area contributed by atoms with E-state index in [-0.39, 0.29) is 5.97 Å². The summed E-state index contributed by atoms with van der Waals surface area (Å²) in [6.45, 7) is 8.41. The van der Waals surface area contributed by atoms with Crippen molar-refractivity contribution in [1.29, 1.82) is 0 Å². The number of carbonyl (C=O) groups is 1. The third kappa shape index (κ3) is 3.49. The smallest absolute Gasteiger partial charge is 0.341 e. The Morgan fingerprint density at radius 2 is 2.00 bits per heavy atom. The van der Waals surface area contributed by atoms with Crippen molar-refractivity contribution in [2.45, 2.75) is 13.5 Å². The van der Waals surface area contributed by atoms with E-state index in [1.54, 1.807) is 11.3 Å². The van der Waals surface area contributed by atoms with Crippen molar-refractivity contribution in [3.05, 3.63) is 28.0 Å². The number of piperazine rings is 1. The largest absolute Gasteiger partial charge is 0.465 e. The third-order valence-electron chi connectivity index (χ3n) is 4.44. The highest BCUT2D eigenvalue weighted by Gasteiger charge is 2.26. The lowest BCUT2D eigenvalue weighted by atomic mass is 10.1. The minimum atomic E-state index is -0.353. The van der Waals surface area contributed by atoms with Gasteiger partial charge in [0.2, 0.25) is 0 Å². The van der Waals surface area contributed by atoms with E-state index < -0.39 is 0 Å². The highest BCUT2D eigenvalue weighted by atomic mass is 32.1. The van der Waals surface area contributed by atoms with Gasteiger partial charge in [0.25, 0.3) is 0 Å². The first-order valence-electron chi connectivity index (χ1n) is 8.12. The molecule has 2 aromatic rings. The van der Waals surface area contributed by atoms with Gasteiger partial charge in [0.1, 0.15) is 10.6 Å². The number of ether oxygens (including phenoxy) is 1. The van der Waals surface area contributed by atoms with Crippen molar-refractivity contribution in [3.8, 4) is 10.4 Å². The lowest BCUT2D eigenvalue weighted by Crippen LogP contribution is -2.45. The number of likely N-dealkylation sites (N-methyl/N-ethyl adjacent to an activating group) is 1. The first kappa shape index (κ1) is 17.4. The second kappa shape index (κ2) is 7.65. The average Bonchev–Trinajstić information content (AvgIpc) is 3.22. The van der Waals surface area contributed by atoms with Gasteiger partial charge >= 0.3 is 5.97 Å². The summed E-state index contributed by atoms with van der Waals surface area (Å²) in [6, 6.07) is 4.04. The fourth-order valence-corrected chi connectivity index (χ4v) is 5.04. The molecule has 7 heteroatoms. The first-order chi connectivity index (χ1) is 11.6. The van der Waals surface area contributed by atoms with Crippen LogP contribution in [0.15, 0.2) is 17.5 Å². The van der Waals surface area contributed by atoms with Gasteiger partial charge in [0.15, 0.2) is 0 Å². The van der Waals surface area contributed by atoms with E-state index in [1.807, 2.05) is 17.5 Å². The SMILES string of the molecule is CCN1CCN(Cc2sc(N)c(C(=O)OC)c2-c2cccs2)CC1. The van der Waals surface area contributed by atoms with Crippen molar-refractivity contribution in [1.82, 2.24) is 9.80 Å². The lowest BCUT2D eigenvalue weighted by Gasteiger charge is -2.33. The summed E-state index contributed by atoms with van der Waals surface area (Å²) in [5.41, 5.74) is 7.65. The van der Waals surface area contributed by atoms with Crippen LogP contribution in [0.1, 0.15) is 22.2 Å². The number of methoxy groups -OCH3 is 1. The van der Waals surface area contributed by atoms with Crippen molar-refractivity contribution >= 4 is 33.6 Å². The van der Waals surface area contributed by atoms with Gasteiger partial charge in [0.05, 0.1) is 7.11 Å². The molecule has 2 aromatic heterocycles. The summed E-state index contributed by atoms with van der Waals surface area (Å²) in [4.78, 5) is 19.4. The predicted octanol–water partition coefficient (Wildman–Crippen LogP) is 2.98. The minimum Gasteiger partial charge on any atom is -0.465 e. The van der Waals surface area contributed by atoms with Gasteiger partial charge in [-0.1, -0.05) is 13.0 Å². The van der Waals surface area contributed by atoms with E-state index in [2.05, 4.69) is 16.7 Å². The molecule has 0 saturated carbocycles. The molecule has 0 atom stereocenters. The van der Waals surface area contributed by atoms with Crippen molar-refractivity contribution in [2.75, 3.05) is 45.6 Å². The Hall–Kier alpha value is -1.41. The van der Waals surface area contributed by atoms with E-state index in [0.717, 1.165) is 54.6 Å². The topological polar surface area (TPSA) is 58.8 Å². The maximum atomic E-state index is 12.2. The fourth-order valence-electron chi connectivity index (χ4n) is 3.06. The van der Waals surface area contributed by atoms with E-state index >= 15 is 0 Å². The Morgan fingerprint density at radius 1 is 1.29 bits per heavy atom. The zero-order valence-electron chi connectivity index (χ0n) is 14.1. The molecule has 0 bridgehead atoms. The van der Waals surface area contributed by atoms with Gasteiger partial charge in [-0.25, -0.2) is 4.79 Å². The molecule has 1 aliphatic rings. The highest BCUT2D eigenvalue weighted by molar-refractivity contribution is 7.18. The zero-order valence-corrected chi connectivity index (χ0v) is 15.7. The van der Waals surface area contributed by atoms with Crippen LogP contribution < -0.4 is 5.73 Å². The standard InChI is InChI=1S/C17H23N3O2S2/c1-3-19-6-8-20(9-7-19)11-13-14(12-5-4-10-23-12)15(16(18)24-13)17(21)22-2/h4-5,10H,3,6-9,11,18H2,1-2H3. The maximum Gasteiger partial charge on any atom is 0.341 e. The second-order valence-electron chi connectivity index (χ2n) is 5.82. The van der Waals surface area contributed by atoms with Gasteiger partial charge in [0, 0.05) is 48.0 Å². The molecule has 5 nitrogen and oxygen atoms in total. The minimum absolute atomic E-state index is 0.353. The van der Waals surface area contributed by atoms with Crippen molar-refractivity contribution in [3.63, 3.8) is 0 Å². The number of thiophene rings is 2. The molecule has 0 aromatic carbocycles. The summed E-state index contributed by atoms with van der Waals surface area (Å²) in [7, 11) is 1.40. The molecule has 24 heavy (non-hydrogen) atoms. The van der Waals surface area contributed by atoms with Crippen LogP contribution in [0.25, 0.3) is 10.4 Å². The normalized spacial score (nSPS) is 16.4. The molecule has 1 saturated heterocycles. The highest BCUT2D eigenvalue weighted by Crippen LogP contribution is 2.41. The van der Waals surface area contributed by atoms with Crippen LogP contribution in [0.2, 0.25) is 0 Å². The number of hydrogen-bond donors (Lipinski definition) is 1. The number of esters is 1. The molecule has 0 unspecified atom stereocenters. The zero-order chi connectivity index (χ0) is 17.1. The molecule has 3 heterocycles. The molecule has 0 spiro atoms. The van der Waals surface area contributed by atoms with E-state index in [9.17, 15) is 4.79 Å². The molecular weight excluding hydrogens is 342 g/mol. The van der Waals surface area contributed by atoms with Crippen LogP contribution in [0.5, 0.6) is 0 Å². The number of hydrogen-bond acceptors (Lipinski definition) is 7. The number of anilines is 1.